The number of rotatable bonds is 9. The molecule has 0 aliphatic rings. The van der Waals surface area contributed by atoms with E-state index in [-0.39, 0.29) is 6.54 Å². The molecule has 0 unspecified atom stereocenters. The van der Waals surface area contributed by atoms with E-state index in [4.69, 9.17) is 4.74 Å². The van der Waals surface area contributed by atoms with Gasteiger partial charge in [0.25, 0.3) is 0 Å². The maximum absolute atomic E-state index is 12.7. The van der Waals surface area contributed by atoms with Crippen molar-refractivity contribution in [2.45, 2.75) is 38.7 Å². The fourth-order valence-corrected chi connectivity index (χ4v) is 1.49. The fourth-order valence-electron chi connectivity index (χ4n) is 1.49. The molecule has 1 aromatic rings. The zero-order chi connectivity index (χ0) is 15.0. The SMILES string of the molecule is CCCCOc1ccc(CNCC(F)(F)C(F)F)cc1. The van der Waals surface area contributed by atoms with Crippen LogP contribution in [0.3, 0.4) is 0 Å². The van der Waals surface area contributed by atoms with Gasteiger partial charge in [0.2, 0.25) is 0 Å². The van der Waals surface area contributed by atoms with E-state index in [0.717, 1.165) is 18.4 Å². The highest BCUT2D eigenvalue weighted by Gasteiger charge is 2.39. The fraction of sp³-hybridized carbons (Fsp3) is 0.571. The van der Waals surface area contributed by atoms with Crippen molar-refractivity contribution in [2.75, 3.05) is 13.2 Å². The van der Waals surface area contributed by atoms with Gasteiger partial charge in [-0.1, -0.05) is 25.5 Å². The average Bonchev–Trinajstić information content (AvgIpc) is 2.40. The van der Waals surface area contributed by atoms with Gasteiger partial charge in [0, 0.05) is 6.54 Å². The van der Waals surface area contributed by atoms with Crippen LogP contribution < -0.4 is 10.1 Å². The predicted molar refractivity (Wildman–Crippen MR) is 69.5 cm³/mol. The Labute approximate surface area is 116 Å². The minimum atomic E-state index is -4.00. The highest BCUT2D eigenvalue weighted by Crippen LogP contribution is 2.21. The Balaban J connectivity index is 2.35. The van der Waals surface area contributed by atoms with Crippen molar-refractivity contribution in [2.24, 2.45) is 0 Å². The maximum atomic E-state index is 12.7. The minimum absolute atomic E-state index is 0.109. The predicted octanol–water partition coefficient (Wildman–Crippen LogP) is 3.86. The first-order valence-corrected chi connectivity index (χ1v) is 6.54. The summed E-state index contributed by atoms with van der Waals surface area (Å²) in [6.45, 7) is 1.76. The van der Waals surface area contributed by atoms with Crippen LogP contribution in [-0.2, 0) is 6.54 Å². The van der Waals surface area contributed by atoms with Gasteiger partial charge in [-0.15, -0.1) is 0 Å². The van der Waals surface area contributed by atoms with Gasteiger partial charge in [-0.05, 0) is 24.1 Å². The molecule has 0 saturated heterocycles. The number of nitrogens with one attached hydrogen (secondary N) is 1. The van der Waals surface area contributed by atoms with Crippen LogP contribution >= 0.6 is 0 Å². The molecule has 0 spiro atoms. The van der Waals surface area contributed by atoms with Gasteiger partial charge in [-0.3, -0.25) is 0 Å². The molecular weight excluding hydrogens is 274 g/mol. The van der Waals surface area contributed by atoms with E-state index < -0.39 is 18.9 Å². The highest BCUT2D eigenvalue weighted by molar-refractivity contribution is 5.27. The normalized spacial score (nSPS) is 11.9. The molecular formula is C14H19F4NO. The summed E-state index contributed by atoms with van der Waals surface area (Å²) in [6, 6.07) is 6.90. The van der Waals surface area contributed by atoms with Crippen LogP contribution in [0.1, 0.15) is 25.3 Å². The van der Waals surface area contributed by atoms with Crippen molar-refractivity contribution in [1.82, 2.24) is 5.32 Å². The van der Waals surface area contributed by atoms with Gasteiger partial charge >= 0.3 is 12.3 Å². The Morgan fingerprint density at radius 1 is 1.20 bits per heavy atom. The summed E-state index contributed by atoms with van der Waals surface area (Å²) in [5.41, 5.74) is 0.734. The van der Waals surface area contributed by atoms with Gasteiger partial charge in [-0.2, -0.15) is 8.78 Å². The molecule has 1 rings (SSSR count). The lowest BCUT2D eigenvalue weighted by molar-refractivity contribution is -0.125. The number of hydrogen-bond donors (Lipinski definition) is 1. The van der Waals surface area contributed by atoms with Gasteiger partial charge in [0.15, 0.2) is 0 Å². The topological polar surface area (TPSA) is 21.3 Å². The van der Waals surface area contributed by atoms with Gasteiger partial charge in [-0.25, -0.2) is 8.78 Å². The third-order valence-corrected chi connectivity index (χ3v) is 2.70. The van der Waals surface area contributed by atoms with E-state index in [2.05, 4.69) is 12.2 Å². The van der Waals surface area contributed by atoms with Crippen LogP contribution in [0.2, 0.25) is 0 Å². The molecule has 0 aliphatic heterocycles. The van der Waals surface area contributed by atoms with Crippen molar-refractivity contribution in [3.05, 3.63) is 29.8 Å². The number of alkyl halides is 4. The Morgan fingerprint density at radius 3 is 2.40 bits per heavy atom. The van der Waals surface area contributed by atoms with Crippen LogP contribution in [0, 0.1) is 0 Å². The van der Waals surface area contributed by atoms with Crippen LogP contribution in [0.5, 0.6) is 5.75 Å². The van der Waals surface area contributed by atoms with Crippen molar-refractivity contribution < 1.29 is 22.3 Å². The molecule has 114 valence electrons. The first-order chi connectivity index (χ1) is 9.45. The van der Waals surface area contributed by atoms with Gasteiger partial charge < -0.3 is 10.1 Å². The lowest BCUT2D eigenvalue weighted by atomic mass is 10.2. The van der Waals surface area contributed by atoms with E-state index in [0.29, 0.717) is 12.4 Å². The van der Waals surface area contributed by atoms with Crippen LogP contribution in [-0.4, -0.2) is 25.5 Å². The van der Waals surface area contributed by atoms with E-state index in [1.54, 1.807) is 24.3 Å². The standard InChI is InChI=1S/C14H19F4NO/c1-2-3-8-20-12-6-4-11(5-7-12)9-19-10-14(17,18)13(15)16/h4-7,13,19H,2-3,8-10H2,1H3. The lowest BCUT2D eigenvalue weighted by Crippen LogP contribution is -2.38. The third kappa shape index (κ3) is 5.77. The molecule has 0 aliphatic carbocycles. The number of hydrogen-bond acceptors (Lipinski definition) is 2. The largest absolute Gasteiger partial charge is 0.494 e. The number of ether oxygens (including phenoxy) is 1. The summed E-state index contributed by atoms with van der Waals surface area (Å²) in [7, 11) is 0. The molecule has 0 bridgehead atoms. The molecule has 20 heavy (non-hydrogen) atoms. The van der Waals surface area contributed by atoms with E-state index in [9.17, 15) is 17.6 Å². The lowest BCUT2D eigenvalue weighted by Gasteiger charge is -2.15. The highest BCUT2D eigenvalue weighted by atomic mass is 19.3. The molecule has 0 aromatic heterocycles. The summed E-state index contributed by atoms with van der Waals surface area (Å²) >= 11 is 0. The Morgan fingerprint density at radius 2 is 1.85 bits per heavy atom. The third-order valence-electron chi connectivity index (χ3n) is 2.70. The Kier molecular flexibility index (Phi) is 6.78. The van der Waals surface area contributed by atoms with Crippen molar-refractivity contribution in [3.8, 4) is 5.75 Å². The Bertz CT molecular complexity index is 381. The summed E-state index contributed by atoms with van der Waals surface area (Å²) < 4.78 is 54.6. The second-order valence-corrected chi connectivity index (χ2v) is 4.51. The molecule has 0 saturated carbocycles. The summed E-state index contributed by atoms with van der Waals surface area (Å²) in [5.74, 6) is -3.29. The zero-order valence-electron chi connectivity index (χ0n) is 11.3. The molecule has 0 amide bonds. The quantitative estimate of drug-likeness (QED) is 0.551. The van der Waals surface area contributed by atoms with E-state index >= 15 is 0 Å². The monoisotopic (exact) mass is 293 g/mol. The van der Waals surface area contributed by atoms with Crippen LogP contribution in [0.25, 0.3) is 0 Å². The first kappa shape index (κ1) is 16.8. The van der Waals surface area contributed by atoms with Gasteiger partial charge in [0.1, 0.15) is 5.75 Å². The maximum Gasteiger partial charge on any atom is 0.319 e. The van der Waals surface area contributed by atoms with Crippen molar-refractivity contribution >= 4 is 0 Å². The first-order valence-electron chi connectivity index (χ1n) is 6.54. The summed E-state index contributed by atoms with van der Waals surface area (Å²) in [5, 5.41) is 2.32. The molecule has 1 N–H and O–H groups in total. The minimum Gasteiger partial charge on any atom is -0.494 e. The van der Waals surface area contributed by atoms with Crippen LogP contribution in [0.4, 0.5) is 17.6 Å². The molecule has 2 nitrogen and oxygen atoms in total. The smallest absolute Gasteiger partial charge is 0.319 e. The van der Waals surface area contributed by atoms with Gasteiger partial charge in [0.05, 0.1) is 13.2 Å². The number of halogens is 4. The zero-order valence-corrected chi connectivity index (χ0v) is 11.3. The van der Waals surface area contributed by atoms with E-state index in [1.807, 2.05) is 0 Å². The molecule has 0 fully saturated rings. The van der Waals surface area contributed by atoms with Crippen molar-refractivity contribution in [3.63, 3.8) is 0 Å². The van der Waals surface area contributed by atoms with Crippen molar-refractivity contribution in [1.29, 1.82) is 0 Å². The summed E-state index contributed by atoms with van der Waals surface area (Å²) in [4.78, 5) is 0. The molecule has 1 aromatic carbocycles. The number of benzene rings is 1. The number of unbranched alkanes of at least 4 members (excludes halogenated alkanes) is 1. The average molecular weight is 293 g/mol. The Hall–Kier alpha value is -1.30. The molecule has 0 heterocycles. The molecule has 0 radical (unpaired) electrons. The van der Waals surface area contributed by atoms with E-state index in [1.165, 1.54) is 0 Å². The van der Waals surface area contributed by atoms with Crippen LogP contribution in [0.15, 0.2) is 24.3 Å². The second-order valence-electron chi connectivity index (χ2n) is 4.51. The second kappa shape index (κ2) is 8.09. The summed E-state index contributed by atoms with van der Waals surface area (Å²) in [6.07, 6.45) is -1.64. The molecule has 0 atom stereocenters. The molecule has 6 heteroatoms.